The standard InChI is InChI=1S/C16H30O/c1-14(2,3)12-7-10-15(4)8-6-9-16(5,17)13(15)11-12/h12-13,17H,6-11H2,1-5H3/t12-,13+,15+,16+/m1/s1. The quantitative estimate of drug-likeness (QED) is 0.663. The maximum atomic E-state index is 10.7. The van der Waals surface area contributed by atoms with Crippen LogP contribution in [0.5, 0.6) is 0 Å². The van der Waals surface area contributed by atoms with Crippen LogP contribution < -0.4 is 0 Å². The molecule has 0 aromatic carbocycles. The Morgan fingerprint density at radius 2 is 1.71 bits per heavy atom. The lowest BCUT2D eigenvalue weighted by Gasteiger charge is -2.56. The zero-order valence-corrected chi connectivity index (χ0v) is 12.3. The van der Waals surface area contributed by atoms with Crippen LogP contribution in [0.4, 0.5) is 0 Å². The van der Waals surface area contributed by atoms with E-state index in [0.717, 1.165) is 12.3 Å². The molecule has 0 spiro atoms. The first-order valence-electron chi connectivity index (χ1n) is 7.38. The molecule has 0 heterocycles. The largest absolute Gasteiger partial charge is 0.390 e. The molecule has 17 heavy (non-hydrogen) atoms. The van der Waals surface area contributed by atoms with E-state index in [-0.39, 0.29) is 0 Å². The second-order valence-electron chi connectivity index (χ2n) is 8.25. The van der Waals surface area contributed by atoms with Gasteiger partial charge in [-0.15, -0.1) is 0 Å². The summed E-state index contributed by atoms with van der Waals surface area (Å²) in [5, 5.41) is 10.7. The Hall–Kier alpha value is -0.0400. The van der Waals surface area contributed by atoms with Crippen molar-refractivity contribution in [3.8, 4) is 0 Å². The molecule has 2 rings (SSSR count). The molecule has 0 radical (unpaired) electrons. The summed E-state index contributed by atoms with van der Waals surface area (Å²) in [7, 11) is 0. The molecule has 0 bridgehead atoms. The highest BCUT2D eigenvalue weighted by Gasteiger charge is 2.51. The molecule has 100 valence electrons. The molecule has 4 atom stereocenters. The summed E-state index contributed by atoms with van der Waals surface area (Å²) in [6.45, 7) is 11.6. The smallest absolute Gasteiger partial charge is 0.0653 e. The van der Waals surface area contributed by atoms with Crippen LogP contribution in [0.25, 0.3) is 0 Å². The van der Waals surface area contributed by atoms with Gasteiger partial charge in [0.25, 0.3) is 0 Å². The summed E-state index contributed by atoms with van der Waals surface area (Å²) in [5.41, 5.74) is 0.384. The van der Waals surface area contributed by atoms with Gasteiger partial charge in [0.05, 0.1) is 5.60 Å². The Morgan fingerprint density at radius 1 is 1.06 bits per heavy atom. The minimum absolute atomic E-state index is 0.398. The van der Waals surface area contributed by atoms with Crippen LogP contribution in [0.15, 0.2) is 0 Å². The summed E-state index contributed by atoms with van der Waals surface area (Å²) >= 11 is 0. The second kappa shape index (κ2) is 3.98. The Morgan fingerprint density at radius 3 is 2.29 bits per heavy atom. The van der Waals surface area contributed by atoms with Crippen LogP contribution in [0.1, 0.15) is 73.1 Å². The first-order valence-corrected chi connectivity index (χ1v) is 7.38. The van der Waals surface area contributed by atoms with Crippen LogP contribution in [0, 0.1) is 22.7 Å². The first-order chi connectivity index (χ1) is 7.65. The van der Waals surface area contributed by atoms with E-state index in [1.807, 2.05) is 0 Å². The van der Waals surface area contributed by atoms with E-state index < -0.39 is 5.60 Å². The predicted molar refractivity (Wildman–Crippen MR) is 72.9 cm³/mol. The predicted octanol–water partition coefficient (Wildman–Crippen LogP) is 4.39. The number of hydrogen-bond donors (Lipinski definition) is 1. The molecule has 2 aliphatic rings. The number of fused-ring (bicyclic) bond motifs is 1. The fourth-order valence-corrected chi connectivity index (χ4v) is 4.48. The van der Waals surface area contributed by atoms with E-state index in [4.69, 9.17) is 0 Å². The Bertz CT molecular complexity index is 286. The molecule has 0 aromatic heterocycles. The highest BCUT2D eigenvalue weighted by atomic mass is 16.3. The van der Waals surface area contributed by atoms with E-state index >= 15 is 0 Å². The van der Waals surface area contributed by atoms with Gasteiger partial charge < -0.3 is 5.11 Å². The van der Waals surface area contributed by atoms with Crippen LogP contribution in [0.3, 0.4) is 0 Å². The van der Waals surface area contributed by atoms with Crippen molar-refractivity contribution in [2.24, 2.45) is 22.7 Å². The van der Waals surface area contributed by atoms with Crippen molar-refractivity contribution in [1.82, 2.24) is 0 Å². The van der Waals surface area contributed by atoms with Crippen LogP contribution in [-0.2, 0) is 0 Å². The lowest BCUT2D eigenvalue weighted by molar-refractivity contribution is -0.132. The Labute approximate surface area is 107 Å². The zero-order chi connectivity index (χ0) is 12.9. The number of aliphatic hydroxyl groups is 1. The molecule has 0 unspecified atom stereocenters. The average Bonchev–Trinajstić information content (AvgIpc) is 2.14. The van der Waals surface area contributed by atoms with E-state index in [1.54, 1.807) is 0 Å². The maximum Gasteiger partial charge on any atom is 0.0653 e. The minimum atomic E-state index is -0.420. The molecule has 1 heteroatoms. The third kappa shape index (κ3) is 2.41. The topological polar surface area (TPSA) is 20.2 Å². The molecule has 0 amide bonds. The lowest BCUT2D eigenvalue weighted by atomic mass is 9.51. The first kappa shape index (κ1) is 13.4. The number of rotatable bonds is 0. The van der Waals surface area contributed by atoms with Crippen molar-refractivity contribution in [2.75, 3.05) is 0 Å². The fraction of sp³-hybridized carbons (Fsp3) is 1.00. The summed E-state index contributed by atoms with van der Waals surface area (Å²) in [6, 6.07) is 0. The molecule has 2 saturated carbocycles. The van der Waals surface area contributed by atoms with E-state index in [2.05, 4.69) is 34.6 Å². The fourth-order valence-electron chi connectivity index (χ4n) is 4.48. The van der Waals surface area contributed by atoms with Gasteiger partial charge in [-0.05, 0) is 61.7 Å². The van der Waals surface area contributed by atoms with Crippen LogP contribution >= 0.6 is 0 Å². The van der Waals surface area contributed by atoms with Gasteiger partial charge in [-0.1, -0.05) is 34.1 Å². The van der Waals surface area contributed by atoms with Crippen molar-refractivity contribution in [3.63, 3.8) is 0 Å². The van der Waals surface area contributed by atoms with Crippen molar-refractivity contribution in [1.29, 1.82) is 0 Å². The van der Waals surface area contributed by atoms with Crippen molar-refractivity contribution < 1.29 is 5.11 Å². The summed E-state index contributed by atoms with van der Waals surface area (Å²) in [5.74, 6) is 1.30. The highest BCUT2D eigenvalue weighted by molar-refractivity contribution is 5.02. The average molecular weight is 238 g/mol. The molecule has 0 aromatic rings. The van der Waals surface area contributed by atoms with Crippen molar-refractivity contribution in [2.45, 2.75) is 78.7 Å². The molecule has 2 fully saturated rings. The van der Waals surface area contributed by atoms with Gasteiger partial charge in [0.2, 0.25) is 0 Å². The van der Waals surface area contributed by atoms with Gasteiger partial charge in [0.15, 0.2) is 0 Å². The molecule has 1 nitrogen and oxygen atoms in total. The molecule has 2 aliphatic carbocycles. The van der Waals surface area contributed by atoms with Crippen LogP contribution in [0.2, 0.25) is 0 Å². The SMILES string of the molecule is CC(C)(C)[C@@H]1CC[C@]2(C)CCC[C@](C)(O)[C@H]2C1. The minimum Gasteiger partial charge on any atom is -0.390 e. The van der Waals surface area contributed by atoms with E-state index in [0.29, 0.717) is 16.7 Å². The van der Waals surface area contributed by atoms with Crippen molar-refractivity contribution in [3.05, 3.63) is 0 Å². The number of hydrogen-bond acceptors (Lipinski definition) is 1. The Kier molecular flexibility index (Phi) is 3.14. The van der Waals surface area contributed by atoms with E-state index in [9.17, 15) is 5.11 Å². The molecule has 0 saturated heterocycles. The van der Waals surface area contributed by atoms with Gasteiger partial charge in [-0.25, -0.2) is 0 Å². The third-order valence-electron chi connectivity index (χ3n) is 5.83. The Balaban J connectivity index is 2.20. The third-order valence-corrected chi connectivity index (χ3v) is 5.83. The van der Waals surface area contributed by atoms with Gasteiger partial charge in [0, 0.05) is 0 Å². The van der Waals surface area contributed by atoms with Crippen molar-refractivity contribution >= 4 is 0 Å². The van der Waals surface area contributed by atoms with Gasteiger partial charge >= 0.3 is 0 Å². The monoisotopic (exact) mass is 238 g/mol. The molecule has 1 N–H and O–H groups in total. The van der Waals surface area contributed by atoms with E-state index in [1.165, 1.54) is 32.1 Å². The maximum absolute atomic E-state index is 10.7. The van der Waals surface area contributed by atoms with Gasteiger partial charge in [-0.2, -0.15) is 0 Å². The van der Waals surface area contributed by atoms with Gasteiger partial charge in [0.1, 0.15) is 0 Å². The summed E-state index contributed by atoms with van der Waals surface area (Å²) in [4.78, 5) is 0. The molecule has 0 aliphatic heterocycles. The molecular formula is C16H30O. The molecular weight excluding hydrogens is 208 g/mol. The lowest BCUT2D eigenvalue weighted by Crippen LogP contribution is -2.52. The highest BCUT2D eigenvalue weighted by Crippen LogP contribution is 2.57. The van der Waals surface area contributed by atoms with Crippen LogP contribution in [-0.4, -0.2) is 10.7 Å². The summed E-state index contributed by atoms with van der Waals surface area (Å²) < 4.78 is 0. The second-order valence-corrected chi connectivity index (χ2v) is 8.25. The zero-order valence-electron chi connectivity index (χ0n) is 12.3. The normalized spacial score (nSPS) is 47.6. The summed E-state index contributed by atoms with van der Waals surface area (Å²) in [6.07, 6.45) is 7.43. The van der Waals surface area contributed by atoms with Gasteiger partial charge in [-0.3, -0.25) is 0 Å².